The van der Waals surface area contributed by atoms with Crippen LogP contribution in [0, 0.1) is 0 Å². The molecule has 0 aromatic carbocycles. The van der Waals surface area contributed by atoms with Crippen LogP contribution in [0.5, 0.6) is 0 Å². The Morgan fingerprint density at radius 1 is 1.53 bits per heavy atom. The van der Waals surface area contributed by atoms with E-state index in [1.165, 1.54) is 11.3 Å². The van der Waals surface area contributed by atoms with Crippen molar-refractivity contribution in [3.05, 3.63) is 16.6 Å². The third kappa shape index (κ3) is 2.55. The Kier molecular flexibility index (Phi) is 3.28. The molecule has 1 aromatic heterocycles. The molecule has 3 N–H and O–H groups in total. The first kappa shape index (κ1) is 11.8. The second-order valence-corrected chi connectivity index (χ2v) is 4.99. The maximum absolute atomic E-state index is 11.5. The van der Waals surface area contributed by atoms with Crippen molar-refractivity contribution < 1.29 is 14.7 Å². The van der Waals surface area contributed by atoms with Gasteiger partial charge in [0.25, 0.3) is 0 Å². The molecule has 0 saturated heterocycles. The molecule has 1 aliphatic carbocycles. The largest absolute Gasteiger partial charge is 0.480 e. The van der Waals surface area contributed by atoms with E-state index in [1.807, 2.05) is 0 Å². The lowest BCUT2D eigenvalue weighted by atomic mass is 9.77. The summed E-state index contributed by atoms with van der Waals surface area (Å²) in [5.74, 6) is -0.961. The third-order valence-corrected chi connectivity index (χ3v) is 3.66. The summed E-state index contributed by atoms with van der Waals surface area (Å²) < 4.78 is 0. The van der Waals surface area contributed by atoms with Crippen molar-refractivity contribution in [2.45, 2.75) is 31.3 Å². The molecular formula is C10H13N3O3S. The summed E-state index contributed by atoms with van der Waals surface area (Å²) in [5.41, 5.74) is 0.622. The Hall–Kier alpha value is -1.63. The van der Waals surface area contributed by atoms with E-state index in [9.17, 15) is 9.59 Å². The Labute approximate surface area is 102 Å². The molecule has 0 bridgehead atoms. The van der Waals surface area contributed by atoms with Crippen molar-refractivity contribution in [1.82, 2.24) is 15.6 Å². The molecule has 0 unspecified atom stereocenters. The second kappa shape index (κ2) is 4.70. The number of aliphatic carboxylic acids is 1. The first-order valence-corrected chi connectivity index (χ1v) is 6.17. The van der Waals surface area contributed by atoms with E-state index >= 15 is 0 Å². The van der Waals surface area contributed by atoms with Gasteiger partial charge in [0.05, 0.1) is 12.1 Å². The number of hydrogen-bond acceptors (Lipinski definition) is 4. The predicted molar refractivity (Wildman–Crippen MR) is 61.7 cm³/mol. The number of thiazole rings is 1. The summed E-state index contributed by atoms with van der Waals surface area (Å²) in [6, 6.07) is -0.444. The standard InChI is InChI=1S/C10H13N3O3S/c14-8(15)10(2-1-3-10)13-9(16)12-5-7-4-11-6-17-7/h4,6H,1-3,5H2,(H,14,15)(H2,12,13,16). The van der Waals surface area contributed by atoms with Gasteiger partial charge in [0.1, 0.15) is 5.54 Å². The van der Waals surface area contributed by atoms with Crippen LogP contribution in [0.4, 0.5) is 4.79 Å². The van der Waals surface area contributed by atoms with E-state index in [-0.39, 0.29) is 0 Å². The highest BCUT2D eigenvalue weighted by Crippen LogP contribution is 2.31. The quantitative estimate of drug-likeness (QED) is 0.747. The molecule has 2 rings (SSSR count). The zero-order valence-electron chi connectivity index (χ0n) is 9.10. The van der Waals surface area contributed by atoms with Crippen LogP contribution >= 0.6 is 11.3 Å². The van der Waals surface area contributed by atoms with E-state index in [2.05, 4.69) is 15.6 Å². The monoisotopic (exact) mass is 255 g/mol. The molecule has 92 valence electrons. The van der Waals surface area contributed by atoms with Crippen LogP contribution in [0.3, 0.4) is 0 Å². The molecule has 7 heteroatoms. The van der Waals surface area contributed by atoms with E-state index < -0.39 is 17.5 Å². The minimum Gasteiger partial charge on any atom is -0.480 e. The molecule has 17 heavy (non-hydrogen) atoms. The Morgan fingerprint density at radius 2 is 2.29 bits per heavy atom. The SMILES string of the molecule is O=C(NCc1cncs1)NC1(C(=O)O)CCC1. The normalized spacial score (nSPS) is 16.9. The number of nitrogens with zero attached hydrogens (tertiary/aromatic N) is 1. The highest BCUT2D eigenvalue weighted by atomic mass is 32.1. The third-order valence-electron chi connectivity index (χ3n) is 2.88. The van der Waals surface area contributed by atoms with E-state index in [0.29, 0.717) is 19.4 Å². The summed E-state index contributed by atoms with van der Waals surface area (Å²) in [7, 11) is 0. The molecule has 0 spiro atoms. The van der Waals surface area contributed by atoms with Gasteiger partial charge in [-0.05, 0) is 19.3 Å². The van der Waals surface area contributed by atoms with Gasteiger partial charge in [0.15, 0.2) is 0 Å². The lowest BCUT2D eigenvalue weighted by Crippen LogP contribution is -2.61. The maximum Gasteiger partial charge on any atom is 0.329 e. The first-order chi connectivity index (χ1) is 8.12. The van der Waals surface area contributed by atoms with Crippen LogP contribution in [-0.4, -0.2) is 27.6 Å². The Morgan fingerprint density at radius 3 is 2.76 bits per heavy atom. The molecular weight excluding hydrogens is 242 g/mol. The lowest BCUT2D eigenvalue weighted by Gasteiger charge is -2.38. The van der Waals surface area contributed by atoms with Crippen molar-refractivity contribution in [1.29, 1.82) is 0 Å². The second-order valence-electron chi connectivity index (χ2n) is 4.02. The van der Waals surface area contributed by atoms with Crippen molar-refractivity contribution in [2.24, 2.45) is 0 Å². The summed E-state index contributed by atoms with van der Waals surface area (Å²) in [5, 5.41) is 14.2. The number of nitrogens with one attached hydrogen (secondary N) is 2. The summed E-state index contributed by atoms with van der Waals surface area (Å²) in [4.78, 5) is 27.4. The zero-order valence-corrected chi connectivity index (χ0v) is 9.92. The fourth-order valence-corrected chi connectivity index (χ4v) is 2.22. The van der Waals surface area contributed by atoms with Gasteiger partial charge in [-0.15, -0.1) is 11.3 Å². The Balaban J connectivity index is 1.83. The van der Waals surface area contributed by atoms with Gasteiger partial charge in [0.2, 0.25) is 0 Å². The van der Waals surface area contributed by atoms with Crippen LogP contribution in [0.15, 0.2) is 11.7 Å². The summed E-state index contributed by atoms with van der Waals surface area (Å²) >= 11 is 1.44. The fourth-order valence-electron chi connectivity index (χ4n) is 1.68. The van der Waals surface area contributed by atoms with E-state index in [1.54, 1.807) is 11.7 Å². The zero-order chi connectivity index (χ0) is 12.3. The molecule has 0 radical (unpaired) electrons. The number of carboxylic acid groups (broad SMARTS) is 1. The van der Waals surface area contributed by atoms with Crippen LogP contribution in [0.2, 0.25) is 0 Å². The highest BCUT2D eigenvalue weighted by molar-refractivity contribution is 7.09. The molecule has 2 amide bonds. The Bertz CT molecular complexity index is 414. The average Bonchev–Trinajstić information content (AvgIpc) is 2.72. The molecule has 0 aliphatic heterocycles. The topological polar surface area (TPSA) is 91.3 Å². The van der Waals surface area contributed by atoms with Crippen LogP contribution in [0.1, 0.15) is 24.1 Å². The van der Waals surface area contributed by atoms with E-state index in [0.717, 1.165) is 11.3 Å². The number of carboxylic acids is 1. The van der Waals surface area contributed by atoms with E-state index in [4.69, 9.17) is 5.11 Å². The fraction of sp³-hybridized carbons (Fsp3) is 0.500. The van der Waals surface area contributed by atoms with Crippen molar-refractivity contribution >= 4 is 23.3 Å². The van der Waals surface area contributed by atoms with Gasteiger partial charge in [-0.25, -0.2) is 9.59 Å². The summed E-state index contributed by atoms with van der Waals surface area (Å²) in [6.45, 7) is 0.367. The van der Waals surface area contributed by atoms with Crippen LogP contribution < -0.4 is 10.6 Å². The van der Waals surface area contributed by atoms with Gasteiger partial charge < -0.3 is 15.7 Å². The smallest absolute Gasteiger partial charge is 0.329 e. The number of aromatic nitrogens is 1. The molecule has 1 fully saturated rings. The molecule has 0 atom stereocenters. The van der Waals surface area contributed by atoms with Gasteiger partial charge in [-0.2, -0.15) is 0 Å². The van der Waals surface area contributed by atoms with Crippen LogP contribution in [0.25, 0.3) is 0 Å². The van der Waals surface area contributed by atoms with Crippen molar-refractivity contribution in [3.8, 4) is 0 Å². The summed E-state index contributed by atoms with van der Waals surface area (Å²) in [6.07, 6.45) is 3.50. The van der Waals surface area contributed by atoms with Gasteiger partial charge >= 0.3 is 12.0 Å². The molecule has 6 nitrogen and oxygen atoms in total. The highest BCUT2D eigenvalue weighted by Gasteiger charge is 2.45. The molecule has 1 saturated carbocycles. The van der Waals surface area contributed by atoms with Crippen LogP contribution in [-0.2, 0) is 11.3 Å². The van der Waals surface area contributed by atoms with Gasteiger partial charge in [0, 0.05) is 11.1 Å². The number of amides is 2. The van der Waals surface area contributed by atoms with Gasteiger partial charge in [-0.1, -0.05) is 0 Å². The molecule has 1 aromatic rings. The van der Waals surface area contributed by atoms with Crippen molar-refractivity contribution in [3.63, 3.8) is 0 Å². The van der Waals surface area contributed by atoms with Crippen molar-refractivity contribution in [2.75, 3.05) is 0 Å². The number of carbonyl (C=O) groups excluding carboxylic acids is 1. The number of carbonyl (C=O) groups is 2. The first-order valence-electron chi connectivity index (χ1n) is 5.29. The number of hydrogen-bond donors (Lipinski definition) is 3. The minimum absolute atomic E-state index is 0.367. The van der Waals surface area contributed by atoms with Gasteiger partial charge in [-0.3, -0.25) is 4.98 Å². The average molecular weight is 255 g/mol. The lowest BCUT2D eigenvalue weighted by molar-refractivity contribution is -0.148. The molecule has 1 aliphatic rings. The number of urea groups is 1. The maximum atomic E-state index is 11.5. The molecule has 1 heterocycles. The minimum atomic E-state index is -1.06. The predicted octanol–water partition coefficient (Wildman–Crippen LogP) is 0.950. The number of rotatable bonds is 4.